The van der Waals surface area contributed by atoms with E-state index < -0.39 is 25.9 Å². The van der Waals surface area contributed by atoms with Crippen LogP contribution < -0.4 is 5.32 Å². The molecule has 0 aromatic carbocycles. The van der Waals surface area contributed by atoms with Crippen molar-refractivity contribution in [3.63, 3.8) is 0 Å². The maximum Gasteiger partial charge on any atom is 0.472 e. The van der Waals surface area contributed by atoms with E-state index in [2.05, 4.69) is 68.6 Å². The number of likely N-dealkylation sites (N-methyl/N-ethyl adjacent to an activating group) is 1. The maximum absolute atomic E-state index is 13.5. The summed E-state index contributed by atoms with van der Waals surface area (Å²) in [7, 11) is 1.46. The van der Waals surface area contributed by atoms with E-state index in [1.54, 1.807) is 0 Å². The van der Waals surface area contributed by atoms with Crippen LogP contribution in [0.4, 0.5) is 0 Å². The average molecular weight is 962 g/mol. The minimum Gasteiger partial charge on any atom is -0.456 e. The number of carbonyl (C=O) groups is 2. The molecule has 0 spiro atoms. The fraction of sp³-hybridized carbons (Fsp3) is 0.789. The van der Waals surface area contributed by atoms with Crippen LogP contribution in [-0.2, 0) is 27.9 Å². The highest BCUT2D eigenvalue weighted by Crippen LogP contribution is 2.43. The van der Waals surface area contributed by atoms with Gasteiger partial charge in [-0.05, 0) is 76.7 Å². The Kier molecular flexibility index (Phi) is 45.8. The summed E-state index contributed by atoms with van der Waals surface area (Å²) < 4.78 is 30.5. The number of phosphoric ester groups is 1. The van der Waals surface area contributed by atoms with E-state index in [0.29, 0.717) is 23.9 Å². The first kappa shape index (κ1) is 64.7. The topological polar surface area (TPSA) is 111 Å². The van der Waals surface area contributed by atoms with E-state index in [1.165, 1.54) is 122 Å². The molecule has 2 N–H and O–H groups in total. The Hall–Kier alpha value is -2.29. The van der Waals surface area contributed by atoms with Crippen LogP contribution in [0.15, 0.2) is 60.8 Å². The highest BCUT2D eigenvalue weighted by atomic mass is 31.2. The third-order valence-electron chi connectivity index (χ3n) is 12.0. The summed E-state index contributed by atoms with van der Waals surface area (Å²) in [6.07, 6.45) is 57.9. The lowest BCUT2D eigenvalue weighted by atomic mass is 10.0. The second-order valence-electron chi connectivity index (χ2n) is 19.8. The molecule has 0 saturated heterocycles. The Labute approximate surface area is 413 Å². The van der Waals surface area contributed by atoms with Crippen LogP contribution >= 0.6 is 7.82 Å². The molecular weight excluding hydrogens is 856 g/mol. The first-order chi connectivity index (χ1) is 32.4. The molecule has 0 radical (unpaired) electrons. The third-order valence-corrected chi connectivity index (χ3v) is 13.0. The molecule has 0 saturated carbocycles. The number of amides is 1. The van der Waals surface area contributed by atoms with Gasteiger partial charge in [-0.25, -0.2) is 4.57 Å². The van der Waals surface area contributed by atoms with Crippen LogP contribution in [0.5, 0.6) is 0 Å². The Morgan fingerprint density at radius 1 is 0.537 bits per heavy atom. The number of hydrogen-bond donors (Lipinski definition) is 2. The number of hydrogen-bond acceptors (Lipinski definition) is 6. The van der Waals surface area contributed by atoms with Crippen LogP contribution in [0.1, 0.15) is 239 Å². The molecule has 390 valence electrons. The number of nitrogens with zero attached hydrogens (tertiary/aromatic N) is 1. The van der Waals surface area contributed by atoms with Crippen molar-refractivity contribution >= 4 is 19.7 Å². The molecule has 0 heterocycles. The largest absolute Gasteiger partial charge is 0.472 e. The van der Waals surface area contributed by atoms with Gasteiger partial charge in [0.1, 0.15) is 19.3 Å². The monoisotopic (exact) mass is 962 g/mol. The third kappa shape index (κ3) is 48.5. The lowest BCUT2D eigenvalue weighted by Gasteiger charge is -2.27. The number of unbranched alkanes of at least 4 members (excludes halogenated alkanes) is 26. The molecule has 0 aromatic rings. The van der Waals surface area contributed by atoms with E-state index in [1.807, 2.05) is 39.4 Å². The zero-order valence-corrected chi connectivity index (χ0v) is 45.3. The lowest BCUT2D eigenvalue weighted by Crippen LogP contribution is -2.47. The second kappa shape index (κ2) is 47.4. The van der Waals surface area contributed by atoms with Crippen molar-refractivity contribution in [2.24, 2.45) is 0 Å². The summed E-state index contributed by atoms with van der Waals surface area (Å²) in [5, 5.41) is 3.02. The number of allylic oxidation sites excluding steroid dienone is 9. The molecule has 0 rings (SSSR count). The fourth-order valence-electron chi connectivity index (χ4n) is 7.63. The minimum absolute atomic E-state index is 0.0290. The molecule has 9 nitrogen and oxygen atoms in total. The molecule has 67 heavy (non-hydrogen) atoms. The standard InChI is InChI=1S/C57H105N2O7P/c1-7-10-13-16-19-22-25-28-29-32-34-37-40-43-46-49-56(60)58-54(53-65-67(62,63)64-52-51-59(4,5)6)55(48-45-42-39-36-33-30-26-23-20-17-14-11-8-2)66-57(61)50-47-44-41-38-35-31-27-24-21-18-15-12-9-3/h19,22,25,28,31,35,41,44-45,48,54-55H,7-18,20-21,23-24,26-27,29-30,32-34,36-40,42-43,46-47,49-53H2,1-6H3,(H-,58,60,62,63)/p+1/b22-19+,28-25+,35-31-,44-41+,48-45+. The number of nitrogens with one attached hydrogen (secondary N) is 1. The van der Waals surface area contributed by atoms with Crippen molar-refractivity contribution in [1.29, 1.82) is 0 Å². The summed E-state index contributed by atoms with van der Waals surface area (Å²) in [6, 6.07) is -0.876. The predicted molar refractivity (Wildman–Crippen MR) is 286 cm³/mol. The first-order valence-corrected chi connectivity index (χ1v) is 29.1. The summed E-state index contributed by atoms with van der Waals surface area (Å²) in [5.74, 6) is -0.597. The van der Waals surface area contributed by atoms with Gasteiger partial charge < -0.3 is 19.4 Å². The number of quaternary nitrogens is 1. The first-order valence-electron chi connectivity index (χ1n) is 27.6. The molecule has 0 aliphatic heterocycles. The number of phosphoric acid groups is 1. The molecule has 10 heteroatoms. The number of carbonyl (C=O) groups excluding carboxylic acids is 2. The van der Waals surface area contributed by atoms with Crippen LogP contribution in [0, 0.1) is 0 Å². The summed E-state index contributed by atoms with van der Waals surface area (Å²) >= 11 is 0. The van der Waals surface area contributed by atoms with Gasteiger partial charge in [-0.1, -0.05) is 210 Å². The Bertz CT molecular complexity index is 1340. The van der Waals surface area contributed by atoms with Gasteiger partial charge >= 0.3 is 13.8 Å². The SMILES string of the molecule is CCCCC/C=C/C=C/CCCCCCCCC(=O)NC(COP(=O)(O)OCC[N+](C)(C)C)C(/C=C/CCCCCCCCCCCCC)OC(=O)CC/C=C/C/C=C\CCCCCCCC. The van der Waals surface area contributed by atoms with Crippen LogP contribution in [-0.4, -0.2) is 74.3 Å². The Balaban J connectivity index is 5.50. The van der Waals surface area contributed by atoms with Gasteiger partial charge in [0.25, 0.3) is 0 Å². The highest BCUT2D eigenvalue weighted by molar-refractivity contribution is 7.47. The molecular formula is C57H106N2O7P+. The average Bonchev–Trinajstić information content (AvgIpc) is 3.28. The van der Waals surface area contributed by atoms with Gasteiger partial charge in [0.05, 0.1) is 33.8 Å². The van der Waals surface area contributed by atoms with Gasteiger partial charge in [-0.3, -0.25) is 18.6 Å². The van der Waals surface area contributed by atoms with Crippen molar-refractivity contribution in [2.45, 2.75) is 251 Å². The Morgan fingerprint density at radius 3 is 1.49 bits per heavy atom. The number of rotatable bonds is 49. The smallest absolute Gasteiger partial charge is 0.456 e. The van der Waals surface area contributed by atoms with Crippen molar-refractivity contribution in [1.82, 2.24) is 5.32 Å². The van der Waals surface area contributed by atoms with E-state index in [4.69, 9.17) is 13.8 Å². The maximum atomic E-state index is 13.5. The van der Waals surface area contributed by atoms with Gasteiger partial charge in [-0.15, -0.1) is 0 Å². The Morgan fingerprint density at radius 2 is 0.970 bits per heavy atom. The molecule has 3 unspecified atom stereocenters. The van der Waals surface area contributed by atoms with Crippen LogP contribution in [0.25, 0.3) is 0 Å². The van der Waals surface area contributed by atoms with Crippen LogP contribution in [0.3, 0.4) is 0 Å². The van der Waals surface area contributed by atoms with E-state index in [9.17, 15) is 19.0 Å². The summed E-state index contributed by atoms with van der Waals surface area (Å²) in [6.45, 7) is 6.92. The van der Waals surface area contributed by atoms with E-state index >= 15 is 0 Å². The van der Waals surface area contributed by atoms with Crippen molar-refractivity contribution < 1.29 is 37.3 Å². The number of esters is 1. The molecule has 3 atom stereocenters. The zero-order valence-electron chi connectivity index (χ0n) is 44.4. The fourth-order valence-corrected chi connectivity index (χ4v) is 8.37. The van der Waals surface area contributed by atoms with Crippen molar-refractivity contribution in [3.05, 3.63) is 60.8 Å². The van der Waals surface area contributed by atoms with Crippen molar-refractivity contribution in [3.8, 4) is 0 Å². The summed E-state index contributed by atoms with van der Waals surface area (Å²) in [5.41, 5.74) is 0. The van der Waals surface area contributed by atoms with Gasteiger partial charge in [-0.2, -0.15) is 0 Å². The predicted octanol–water partition coefficient (Wildman–Crippen LogP) is 16.3. The molecule has 0 bridgehead atoms. The van der Waals surface area contributed by atoms with Gasteiger partial charge in [0.2, 0.25) is 5.91 Å². The normalized spacial score (nSPS) is 14.3. The molecule has 0 aromatic heterocycles. The highest BCUT2D eigenvalue weighted by Gasteiger charge is 2.30. The molecule has 1 amide bonds. The van der Waals surface area contributed by atoms with E-state index in [-0.39, 0.29) is 25.5 Å². The zero-order chi connectivity index (χ0) is 49.4. The minimum atomic E-state index is -4.46. The quantitative estimate of drug-likeness (QED) is 0.0156. The van der Waals surface area contributed by atoms with Crippen LogP contribution in [0.2, 0.25) is 0 Å². The second-order valence-corrected chi connectivity index (χ2v) is 21.2. The van der Waals surface area contributed by atoms with Crippen molar-refractivity contribution in [2.75, 3.05) is 40.9 Å². The molecule has 0 aliphatic carbocycles. The van der Waals surface area contributed by atoms with Gasteiger partial charge in [0.15, 0.2) is 0 Å². The number of ether oxygens (including phenoxy) is 1. The molecule has 0 fully saturated rings. The van der Waals surface area contributed by atoms with E-state index in [0.717, 1.165) is 77.0 Å². The molecule has 0 aliphatic rings. The lowest BCUT2D eigenvalue weighted by molar-refractivity contribution is -0.870. The van der Waals surface area contributed by atoms with Gasteiger partial charge in [0, 0.05) is 12.8 Å². The summed E-state index contributed by atoms with van der Waals surface area (Å²) in [4.78, 5) is 37.5.